The van der Waals surface area contributed by atoms with Gasteiger partial charge in [-0.3, -0.25) is 4.79 Å². The van der Waals surface area contributed by atoms with Gasteiger partial charge in [0.25, 0.3) is 0 Å². The molecule has 0 spiro atoms. The maximum atomic E-state index is 13.0. The van der Waals surface area contributed by atoms with Crippen LogP contribution in [-0.4, -0.2) is 27.9 Å². The van der Waals surface area contributed by atoms with E-state index in [2.05, 4.69) is 27.4 Å². The lowest BCUT2D eigenvalue weighted by Crippen LogP contribution is -2.30. The number of carbonyl (C=O) groups is 1. The van der Waals surface area contributed by atoms with Gasteiger partial charge in [-0.1, -0.05) is 41.3 Å². The Morgan fingerprint density at radius 1 is 1.40 bits per heavy atom. The highest BCUT2D eigenvalue weighted by atomic mass is 32.2. The van der Waals surface area contributed by atoms with E-state index in [0.29, 0.717) is 10.9 Å². The van der Waals surface area contributed by atoms with Crippen molar-refractivity contribution in [2.45, 2.75) is 22.7 Å². The van der Waals surface area contributed by atoms with Gasteiger partial charge < -0.3 is 10.6 Å². The fourth-order valence-electron chi connectivity index (χ4n) is 1.78. The number of rotatable bonds is 7. The smallest absolute Gasteiger partial charge is 0.352 e. The lowest BCUT2D eigenvalue weighted by atomic mass is 10.2. The fraction of sp³-hybridized carbons (Fsp3) is 0.267. The molecule has 0 bridgehead atoms. The van der Waals surface area contributed by atoms with E-state index in [1.807, 2.05) is 0 Å². The van der Waals surface area contributed by atoms with Gasteiger partial charge in [-0.2, -0.15) is 13.2 Å². The van der Waals surface area contributed by atoms with E-state index >= 15 is 0 Å². The van der Waals surface area contributed by atoms with Crippen molar-refractivity contribution in [3.05, 3.63) is 42.5 Å². The maximum Gasteiger partial charge on any atom is 0.418 e. The number of alkyl halides is 3. The SMILES string of the molecule is C=CCNC(=O)[C@H](C)Sc1nnc(Nc2ccccc2C(F)(F)F)s1. The van der Waals surface area contributed by atoms with Crippen LogP contribution in [0.2, 0.25) is 0 Å². The summed E-state index contributed by atoms with van der Waals surface area (Å²) >= 11 is 2.26. The first-order valence-corrected chi connectivity index (χ1v) is 8.83. The molecule has 1 aromatic carbocycles. The highest BCUT2D eigenvalue weighted by Gasteiger charge is 2.33. The number of carbonyl (C=O) groups excluding carboxylic acids is 1. The van der Waals surface area contributed by atoms with Crippen LogP contribution in [0.4, 0.5) is 24.0 Å². The minimum Gasteiger partial charge on any atom is -0.352 e. The summed E-state index contributed by atoms with van der Waals surface area (Å²) in [5.74, 6) is -0.183. The minimum atomic E-state index is -4.47. The number of benzene rings is 1. The van der Waals surface area contributed by atoms with Gasteiger partial charge in [-0.15, -0.1) is 16.8 Å². The average molecular weight is 388 g/mol. The van der Waals surface area contributed by atoms with Crippen molar-refractivity contribution >= 4 is 39.8 Å². The molecule has 0 aliphatic rings. The third-order valence-corrected chi connectivity index (χ3v) is 4.97. The maximum absolute atomic E-state index is 13.0. The lowest BCUT2D eigenvalue weighted by Gasteiger charge is -2.12. The van der Waals surface area contributed by atoms with Crippen molar-refractivity contribution in [3.63, 3.8) is 0 Å². The molecule has 1 heterocycles. The standard InChI is InChI=1S/C15H15F3N4OS2/c1-3-8-19-12(23)9(2)24-14-22-21-13(25-14)20-11-7-5-4-6-10(11)15(16,17)18/h3-7,9H,1,8H2,2H3,(H,19,23)(H,20,21)/t9-/m0/s1. The summed E-state index contributed by atoms with van der Waals surface area (Å²) in [6.07, 6.45) is -2.90. The van der Waals surface area contributed by atoms with Crippen molar-refractivity contribution in [1.82, 2.24) is 15.5 Å². The summed E-state index contributed by atoms with van der Waals surface area (Å²) in [5.41, 5.74) is -0.879. The molecule has 10 heteroatoms. The predicted octanol–water partition coefficient (Wildman–Crippen LogP) is 4.08. The Morgan fingerprint density at radius 3 is 2.80 bits per heavy atom. The van der Waals surface area contributed by atoms with Crippen LogP contribution < -0.4 is 10.6 Å². The van der Waals surface area contributed by atoms with Gasteiger partial charge in [0.2, 0.25) is 11.0 Å². The highest BCUT2D eigenvalue weighted by Crippen LogP contribution is 2.37. The fourth-order valence-corrected chi connectivity index (χ4v) is 3.72. The molecule has 1 aromatic heterocycles. The second-order valence-electron chi connectivity index (χ2n) is 4.84. The van der Waals surface area contributed by atoms with Crippen molar-refractivity contribution < 1.29 is 18.0 Å². The summed E-state index contributed by atoms with van der Waals surface area (Å²) in [6, 6.07) is 5.13. The molecule has 0 saturated heterocycles. The second kappa shape index (κ2) is 8.34. The number of nitrogens with zero attached hydrogens (tertiary/aromatic N) is 2. The van der Waals surface area contributed by atoms with Crippen molar-refractivity contribution in [3.8, 4) is 0 Å². The Hall–Kier alpha value is -2.07. The first kappa shape index (κ1) is 19.3. The Morgan fingerprint density at radius 2 is 2.12 bits per heavy atom. The minimum absolute atomic E-state index is 0.0977. The summed E-state index contributed by atoms with van der Waals surface area (Å²) in [4.78, 5) is 11.8. The molecule has 0 radical (unpaired) electrons. The second-order valence-corrected chi connectivity index (χ2v) is 7.40. The van der Waals surface area contributed by atoms with Gasteiger partial charge in [-0.05, 0) is 19.1 Å². The Labute approximate surface area is 150 Å². The third-order valence-electron chi connectivity index (χ3n) is 2.95. The van der Waals surface area contributed by atoms with E-state index in [0.717, 1.165) is 17.4 Å². The first-order valence-electron chi connectivity index (χ1n) is 7.13. The molecule has 1 amide bonds. The van der Waals surface area contributed by atoms with Crippen LogP contribution in [0.3, 0.4) is 0 Å². The van der Waals surface area contributed by atoms with Gasteiger partial charge in [0.1, 0.15) is 0 Å². The molecule has 0 unspecified atom stereocenters. The number of aromatic nitrogens is 2. The number of hydrogen-bond donors (Lipinski definition) is 2. The normalized spacial score (nSPS) is 12.5. The van der Waals surface area contributed by atoms with E-state index in [1.54, 1.807) is 13.0 Å². The van der Waals surface area contributed by atoms with E-state index in [9.17, 15) is 18.0 Å². The van der Waals surface area contributed by atoms with Crippen LogP contribution in [-0.2, 0) is 11.0 Å². The van der Waals surface area contributed by atoms with Gasteiger partial charge in [0, 0.05) is 6.54 Å². The van der Waals surface area contributed by atoms with E-state index < -0.39 is 17.0 Å². The number of halogens is 3. The summed E-state index contributed by atoms with van der Waals surface area (Å²) in [6.45, 7) is 5.58. The van der Waals surface area contributed by atoms with Gasteiger partial charge in [0.15, 0.2) is 4.34 Å². The molecule has 0 aliphatic carbocycles. The zero-order valence-electron chi connectivity index (χ0n) is 13.1. The number of thioether (sulfide) groups is 1. The molecule has 0 fully saturated rings. The molecule has 1 atom stereocenters. The predicted molar refractivity (Wildman–Crippen MR) is 93.2 cm³/mol. The molecule has 2 aromatic rings. The van der Waals surface area contributed by atoms with E-state index in [-0.39, 0.29) is 16.7 Å². The molecular weight excluding hydrogens is 373 g/mol. The third kappa shape index (κ3) is 5.46. The highest BCUT2D eigenvalue weighted by molar-refractivity contribution is 8.02. The van der Waals surface area contributed by atoms with Gasteiger partial charge >= 0.3 is 6.18 Å². The zero-order valence-corrected chi connectivity index (χ0v) is 14.8. The summed E-state index contributed by atoms with van der Waals surface area (Å²) in [7, 11) is 0. The molecule has 5 nitrogen and oxygen atoms in total. The van der Waals surface area contributed by atoms with Crippen LogP contribution in [0, 0.1) is 0 Å². The quantitative estimate of drug-likeness (QED) is 0.553. The van der Waals surface area contributed by atoms with Crippen LogP contribution in [0.1, 0.15) is 12.5 Å². The molecule has 2 rings (SSSR count). The molecule has 134 valence electrons. The van der Waals surface area contributed by atoms with Gasteiger partial charge in [-0.25, -0.2) is 0 Å². The number of para-hydroxylation sites is 1. The average Bonchev–Trinajstić information content (AvgIpc) is 2.99. The summed E-state index contributed by atoms with van der Waals surface area (Å²) in [5, 5.41) is 12.8. The number of nitrogens with one attached hydrogen (secondary N) is 2. The largest absolute Gasteiger partial charge is 0.418 e. The van der Waals surface area contributed by atoms with Crippen molar-refractivity contribution in [1.29, 1.82) is 0 Å². The Balaban J connectivity index is 2.05. The van der Waals surface area contributed by atoms with E-state index in [4.69, 9.17) is 0 Å². The van der Waals surface area contributed by atoms with Gasteiger partial charge in [0.05, 0.1) is 16.5 Å². The number of anilines is 2. The Bertz CT molecular complexity index is 748. The van der Waals surface area contributed by atoms with Crippen LogP contribution in [0.25, 0.3) is 0 Å². The van der Waals surface area contributed by atoms with E-state index in [1.165, 1.54) is 30.0 Å². The number of amides is 1. The molecule has 0 saturated carbocycles. The topological polar surface area (TPSA) is 66.9 Å². The Kier molecular flexibility index (Phi) is 6.43. The number of hydrogen-bond acceptors (Lipinski definition) is 6. The summed E-state index contributed by atoms with van der Waals surface area (Å²) < 4.78 is 39.5. The van der Waals surface area contributed by atoms with Crippen LogP contribution >= 0.6 is 23.1 Å². The molecular formula is C15H15F3N4OS2. The first-order chi connectivity index (χ1) is 11.8. The molecule has 25 heavy (non-hydrogen) atoms. The molecule has 2 N–H and O–H groups in total. The van der Waals surface area contributed by atoms with Crippen LogP contribution in [0.5, 0.6) is 0 Å². The van der Waals surface area contributed by atoms with Crippen LogP contribution in [0.15, 0.2) is 41.3 Å². The lowest BCUT2D eigenvalue weighted by molar-refractivity contribution is -0.137. The van der Waals surface area contributed by atoms with Crippen molar-refractivity contribution in [2.24, 2.45) is 0 Å². The zero-order chi connectivity index (χ0) is 18.4. The monoisotopic (exact) mass is 388 g/mol. The molecule has 0 aliphatic heterocycles. The van der Waals surface area contributed by atoms with Crippen molar-refractivity contribution in [2.75, 3.05) is 11.9 Å².